The molecule has 3 aliphatic rings. The van der Waals surface area contributed by atoms with E-state index in [2.05, 4.69) is 17.4 Å². The van der Waals surface area contributed by atoms with Crippen LogP contribution in [0.15, 0.2) is 18.2 Å². The number of hydrogen-bond acceptors (Lipinski definition) is 3. The Hall–Kier alpha value is -1.38. The van der Waals surface area contributed by atoms with Gasteiger partial charge in [0, 0.05) is 17.8 Å². The summed E-state index contributed by atoms with van der Waals surface area (Å²) in [7, 11) is 0. The van der Waals surface area contributed by atoms with Gasteiger partial charge < -0.3 is 14.8 Å². The molecule has 2 aliphatic carbocycles. The normalized spacial score (nSPS) is 32.6. The van der Waals surface area contributed by atoms with Crippen LogP contribution in [-0.4, -0.2) is 19.3 Å². The summed E-state index contributed by atoms with van der Waals surface area (Å²) in [5.74, 6) is 3.63. The fraction of sp³-hybridized carbons (Fsp3) is 0.600. The summed E-state index contributed by atoms with van der Waals surface area (Å²) in [5.41, 5.74) is 1.18. The van der Waals surface area contributed by atoms with E-state index in [9.17, 15) is 0 Å². The molecule has 0 radical (unpaired) electrons. The van der Waals surface area contributed by atoms with Gasteiger partial charge in [-0.2, -0.15) is 0 Å². The first kappa shape index (κ1) is 10.5. The lowest BCUT2D eigenvalue weighted by atomic mass is 9.95. The van der Waals surface area contributed by atoms with Crippen LogP contribution in [0.3, 0.4) is 0 Å². The van der Waals surface area contributed by atoms with Gasteiger partial charge in [0.15, 0.2) is 11.5 Å². The van der Waals surface area contributed by atoms with Gasteiger partial charge in [0.1, 0.15) is 13.2 Å². The van der Waals surface area contributed by atoms with Crippen LogP contribution in [0.1, 0.15) is 25.7 Å². The molecular formula is C15H19NO2. The van der Waals surface area contributed by atoms with Crippen LogP contribution in [0.2, 0.25) is 0 Å². The third-order valence-corrected chi connectivity index (χ3v) is 4.63. The molecule has 2 saturated carbocycles. The number of anilines is 1. The Balaban J connectivity index is 1.51. The average molecular weight is 245 g/mol. The first-order valence-corrected chi connectivity index (χ1v) is 7.05. The Morgan fingerprint density at radius 2 is 1.89 bits per heavy atom. The predicted octanol–water partition coefficient (Wildman–Crippen LogP) is 3.06. The third-order valence-electron chi connectivity index (χ3n) is 4.63. The van der Waals surface area contributed by atoms with Crippen LogP contribution >= 0.6 is 0 Å². The van der Waals surface area contributed by atoms with Crippen molar-refractivity contribution in [3.05, 3.63) is 18.2 Å². The summed E-state index contributed by atoms with van der Waals surface area (Å²) in [6.45, 7) is 1.32. The Morgan fingerprint density at radius 3 is 2.67 bits per heavy atom. The zero-order valence-corrected chi connectivity index (χ0v) is 10.5. The Labute approximate surface area is 107 Å². The van der Waals surface area contributed by atoms with Crippen molar-refractivity contribution in [2.75, 3.05) is 18.5 Å². The molecule has 1 aliphatic heterocycles. The fourth-order valence-electron chi connectivity index (χ4n) is 3.77. The van der Waals surface area contributed by atoms with E-state index >= 15 is 0 Å². The van der Waals surface area contributed by atoms with Crippen LogP contribution in [0.25, 0.3) is 0 Å². The topological polar surface area (TPSA) is 30.5 Å². The van der Waals surface area contributed by atoms with Crippen LogP contribution in [0.4, 0.5) is 5.69 Å². The maximum Gasteiger partial charge on any atom is 0.163 e. The van der Waals surface area contributed by atoms with Gasteiger partial charge >= 0.3 is 0 Å². The van der Waals surface area contributed by atoms with Crippen molar-refractivity contribution in [3.63, 3.8) is 0 Å². The van der Waals surface area contributed by atoms with Crippen LogP contribution in [-0.2, 0) is 0 Å². The standard InChI is InChI=1S/C15H19NO2/c1-2-11-7-10(1)8-13(11)16-12-3-4-14-15(9-12)18-6-5-17-14/h3-4,9-11,13,16H,1-2,5-8H2. The van der Waals surface area contributed by atoms with E-state index in [1.54, 1.807) is 0 Å². The van der Waals surface area contributed by atoms with E-state index in [0.717, 1.165) is 23.3 Å². The Bertz CT molecular complexity index is 460. The van der Waals surface area contributed by atoms with E-state index in [4.69, 9.17) is 9.47 Å². The monoisotopic (exact) mass is 245 g/mol. The van der Waals surface area contributed by atoms with Gasteiger partial charge in [-0.15, -0.1) is 0 Å². The smallest absolute Gasteiger partial charge is 0.163 e. The van der Waals surface area contributed by atoms with Gasteiger partial charge in [-0.1, -0.05) is 6.42 Å². The first-order valence-electron chi connectivity index (χ1n) is 7.05. The highest BCUT2D eigenvalue weighted by Crippen LogP contribution is 2.46. The second-order valence-electron chi connectivity index (χ2n) is 5.78. The maximum atomic E-state index is 5.63. The molecule has 0 amide bonds. The van der Waals surface area contributed by atoms with Crippen LogP contribution in [0.5, 0.6) is 11.5 Å². The van der Waals surface area contributed by atoms with Crippen molar-refractivity contribution in [1.29, 1.82) is 0 Å². The minimum absolute atomic E-state index is 0.657. The van der Waals surface area contributed by atoms with Crippen LogP contribution < -0.4 is 14.8 Å². The van der Waals surface area contributed by atoms with Gasteiger partial charge in [0.05, 0.1) is 0 Å². The Kier molecular flexibility index (Phi) is 2.39. The van der Waals surface area contributed by atoms with Gasteiger partial charge in [0.2, 0.25) is 0 Å². The summed E-state index contributed by atoms with van der Waals surface area (Å²) < 4.78 is 11.2. The third kappa shape index (κ3) is 1.73. The zero-order chi connectivity index (χ0) is 11.9. The van der Waals surface area contributed by atoms with Crippen molar-refractivity contribution in [2.45, 2.75) is 31.7 Å². The SMILES string of the molecule is c1cc2c(cc1NC1CC3CCC1C3)OCCO2. The van der Waals surface area contributed by atoms with Gasteiger partial charge in [-0.05, 0) is 43.2 Å². The molecule has 96 valence electrons. The summed E-state index contributed by atoms with van der Waals surface area (Å²) in [4.78, 5) is 0. The van der Waals surface area contributed by atoms with Gasteiger partial charge in [0.25, 0.3) is 0 Å². The molecule has 1 aromatic rings. The lowest BCUT2D eigenvalue weighted by Crippen LogP contribution is -2.26. The van der Waals surface area contributed by atoms with Crippen molar-refractivity contribution in [2.24, 2.45) is 11.8 Å². The molecule has 4 rings (SSSR count). The highest BCUT2D eigenvalue weighted by molar-refractivity contribution is 5.55. The molecule has 1 heterocycles. The fourth-order valence-corrected chi connectivity index (χ4v) is 3.77. The second kappa shape index (κ2) is 4.08. The number of nitrogens with one attached hydrogen (secondary N) is 1. The summed E-state index contributed by atoms with van der Waals surface area (Å²) in [6.07, 6.45) is 5.64. The number of benzene rings is 1. The maximum absolute atomic E-state index is 5.63. The molecule has 0 spiro atoms. The van der Waals surface area contributed by atoms with E-state index in [1.807, 2.05) is 6.07 Å². The molecule has 1 N–H and O–H groups in total. The predicted molar refractivity (Wildman–Crippen MR) is 70.3 cm³/mol. The molecular weight excluding hydrogens is 226 g/mol. The zero-order valence-electron chi connectivity index (χ0n) is 10.5. The molecule has 2 bridgehead atoms. The lowest BCUT2D eigenvalue weighted by Gasteiger charge is -2.25. The molecule has 3 unspecified atom stereocenters. The lowest BCUT2D eigenvalue weighted by molar-refractivity contribution is 0.171. The van der Waals surface area contributed by atoms with E-state index < -0.39 is 0 Å². The average Bonchev–Trinajstić information content (AvgIpc) is 3.01. The van der Waals surface area contributed by atoms with Crippen molar-refractivity contribution in [3.8, 4) is 11.5 Å². The molecule has 0 saturated heterocycles. The largest absolute Gasteiger partial charge is 0.486 e. The highest BCUT2D eigenvalue weighted by Gasteiger charge is 2.39. The molecule has 1 aromatic carbocycles. The first-order chi connectivity index (χ1) is 8.88. The van der Waals surface area contributed by atoms with Crippen LogP contribution in [0, 0.1) is 11.8 Å². The van der Waals surface area contributed by atoms with Gasteiger partial charge in [-0.25, -0.2) is 0 Å². The molecule has 3 atom stereocenters. The van der Waals surface area contributed by atoms with Crippen molar-refractivity contribution in [1.82, 2.24) is 0 Å². The summed E-state index contributed by atoms with van der Waals surface area (Å²) >= 11 is 0. The minimum Gasteiger partial charge on any atom is -0.486 e. The Morgan fingerprint density at radius 1 is 1.00 bits per heavy atom. The molecule has 3 nitrogen and oxygen atoms in total. The molecule has 2 fully saturated rings. The number of hydrogen-bond donors (Lipinski definition) is 1. The summed E-state index contributed by atoms with van der Waals surface area (Å²) in [5, 5.41) is 3.69. The second-order valence-corrected chi connectivity index (χ2v) is 5.78. The number of fused-ring (bicyclic) bond motifs is 3. The van der Waals surface area contributed by atoms with Crippen molar-refractivity contribution < 1.29 is 9.47 Å². The summed E-state index contributed by atoms with van der Waals surface area (Å²) in [6, 6.07) is 6.88. The van der Waals surface area contributed by atoms with Crippen molar-refractivity contribution >= 4 is 5.69 Å². The molecule has 0 aromatic heterocycles. The molecule has 3 heteroatoms. The van der Waals surface area contributed by atoms with E-state index in [1.165, 1.54) is 31.4 Å². The molecule has 18 heavy (non-hydrogen) atoms. The van der Waals surface area contributed by atoms with Gasteiger partial charge in [-0.3, -0.25) is 0 Å². The van der Waals surface area contributed by atoms with E-state index in [0.29, 0.717) is 19.3 Å². The van der Waals surface area contributed by atoms with E-state index in [-0.39, 0.29) is 0 Å². The highest BCUT2D eigenvalue weighted by atomic mass is 16.6. The quantitative estimate of drug-likeness (QED) is 0.868. The minimum atomic E-state index is 0.657. The number of rotatable bonds is 2. The number of ether oxygens (including phenoxy) is 2.